The number of hydrogen-bond donors (Lipinski definition) is 0. The van der Waals surface area contributed by atoms with E-state index in [4.69, 9.17) is 9.68 Å². The Morgan fingerprint density at radius 2 is 0.614 bits per heavy atom. The van der Waals surface area contributed by atoms with Crippen LogP contribution in [0.15, 0.2) is 0 Å². The second kappa shape index (κ2) is 18.7. The van der Waals surface area contributed by atoms with Gasteiger partial charge in [0.1, 0.15) is 0 Å². The summed E-state index contributed by atoms with van der Waals surface area (Å²) in [6.45, 7) is 17.5. The van der Waals surface area contributed by atoms with Crippen LogP contribution in [0.25, 0.3) is 0 Å². The lowest BCUT2D eigenvalue weighted by Crippen LogP contribution is -2.42. The highest BCUT2D eigenvalue weighted by Crippen LogP contribution is 2.35. The maximum Gasteiger partial charge on any atom is 0.255 e. The van der Waals surface area contributed by atoms with Crippen molar-refractivity contribution in [2.24, 2.45) is 0 Å². The molecule has 0 saturated carbocycles. The second-order valence-electron chi connectivity index (χ2n) is 10.5. The molecule has 0 N–H and O–H groups in total. The van der Waals surface area contributed by atoms with Gasteiger partial charge in [-0.05, 0) is 66.5 Å². The molecule has 0 aliphatic rings. The third-order valence-corrected chi connectivity index (χ3v) is 7.71. The zero-order valence-electron chi connectivity index (χ0n) is 29.2. The Hall–Kier alpha value is -3.06. The van der Waals surface area contributed by atoms with Gasteiger partial charge < -0.3 is 19.6 Å². The minimum Gasteiger partial charge on any atom is -0.339 e. The van der Waals surface area contributed by atoms with Gasteiger partial charge in [-0.1, -0.05) is 0 Å². The van der Waals surface area contributed by atoms with Crippen molar-refractivity contribution in [1.29, 1.82) is 0 Å². The van der Waals surface area contributed by atoms with Crippen molar-refractivity contribution in [2.75, 3.05) is 80.5 Å². The number of hydrogen-bond acceptors (Lipinski definition) is 8. The van der Waals surface area contributed by atoms with E-state index in [1.165, 1.54) is 10.1 Å². The Balaban J connectivity index is 4.81. The fourth-order valence-electron chi connectivity index (χ4n) is 5.13. The molecule has 0 fully saturated rings. The quantitative estimate of drug-likeness (QED) is 0.229. The first-order chi connectivity index (χ1) is 20.8. The average Bonchev–Trinajstić information content (AvgIpc) is 2.99. The minimum absolute atomic E-state index is 0.0658. The summed E-state index contributed by atoms with van der Waals surface area (Å²) in [5, 5.41) is 2.99. The Bertz CT molecular complexity index is 1040. The van der Waals surface area contributed by atoms with Crippen LogP contribution in [-0.4, -0.2) is 134 Å². The monoisotopic (exact) mass is 620 g/mol. The van der Waals surface area contributed by atoms with Crippen LogP contribution >= 0.6 is 0 Å². The van der Waals surface area contributed by atoms with Gasteiger partial charge in [0.05, 0.1) is 35.5 Å². The highest BCUT2D eigenvalue weighted by Gasteiger charge is 2.40. The van der Waals surface area contributed by atoms with E-state index >= 15 is 0 Å². The zero-order chi connectivity index (χ0) is 33.7. The van der Waals surface area contributed by atoms with Crippen LogP contribution in [0.5, 0.6) is 0 Å². The highest BCUT2D eigenvalue weighted by molar-refractivity contribution is 6.20. The van der Waals surface area contributed by atoms with E-state index in [-0.39, 0.29) is 35.5 Å². The highest BCUT2D eigenvalue weighted by atomic mass is 16.7. The predicted octanol–water partition coefficient (Wildman–Crippen LogP) is 3.60. The zero-order valence-corrected chi connectivity index (χ0v) is 29.2. The molecule has 0 heterocycles. The summed E-state index contributed by atoms with van der Waals surface area (Å²) in [5.74, 6) is -1.80. The molecule has 0 spiro atoms. The lowest BCUT2D eigenvalue weighted by atomic mass is 9.83. The number of carbonyl (C=O) groups excluding carboxylic acids is 4. The molecule has 12 nitrogen and oxygen atoms in total. The molecule has 0 radical (unpaired) electrons. The maximum atomic E-state index is 14.6. The molecule has 0 aromatic heterocycles. The molecule has 44 heavy (non-hydrogen) atoms. The van der Waals surface area contributed by atoms with Gasteiger partial charge in [-0.2, -0.15) is 10.1 Å². The Morgan fingerprint density at radius 1 is 0.409 bits per heavy atom. The van der Waals surface area contributed by atoms with Gasteiger partial charge in [0.15, 0.2) is 0 Å². The van der Waals surface area contributed by atoms with Gasteiger partial charge in [-0.3, -0.25) is 28.9 Å². The molecule has 12 heteroatoms. The van der Waals surface area contributed by atoms with Crippen molar-refractivity contribution in [1.82, 2.24) is 29.7 Å². The van der Waals surface area contributed by atoms with Crippen LogP contribution in [0, 0.1) is 0 Å². The van der Waals surface area contributed by atoms with Crippen LogP contribution in [0.2, 0.25) is 0 Å². The van der Waals surface area contributed by atoms with Gasteiger partial charge in [-0.25, -0.2) is 0 Å². The molecule has 250 valence electrons. The normalized spacial score (nSPS) is 11.2. The van der Waals surface area contributed by atoms with Crippen molar-refractivity contribution in [2.45, 2.75) is 68.6 Å². The van der Waals surface area contributed by atoms with E-state index < -0.39 is 23.6 Å². The van der Waals surface area contributed by atoms with Gasteiger partial charge in [-0.15, -0.1) is 0 Å². The SMILES string of the molecule is CCN(CC)C(=O)c1c(CON(C)C)c(CON(C)C)c(C(=O)N(CC)CC)c(C(=O)N(CC)CC)c1C(=O)N(CC)CC. The molecular weight excluding hydrogens is 564 g/mol. The number of hydroxylamine groups is 4. The standard InChI is InChI=1S/C32H56N6O6/c1-13-35(14-2)29(39)25-23(21-43-33(9)10)24(22-44-34(11)12)26(30(40)36(15-3)16-4)28(32(42)38(19-7)20-8)27(25)31(41)37(17-5)18-6/h13-22H2,1-12H3. The van der Waals surface area contributed by atoms with Crippen molar-refractivity contribution in [3.05, 3.63) is 33.4 Å². The third kappa shape index (κ3) is 8.99. The summed E-state index contributed by atoms with van der Waals surface area (Å²) in [6, 6.07) is 0. The van der Waals surface area contributed by atoms with Crippen molar-refractivity contribution >= 4 is 23.6 Å². The van der Waals surface area contributed by atoms with Gasteiger partial charge in [0.25, 0.3) is 23.6 Å². The van der Waals surface area contributed by atoms with Crippen LogP contribution in [-0.2, 0) is 22.9 Å². The molecule has 0 aliphatic heterocycles. The lowest BCUT2D eigenvalue weighted by Gasteiger charge is -2.32. The smallest absolute Gasteiger partial charge is 0.255 e. The van der Waals surface area contributed by atoms with Gasteiger partial charge in [0.2, 0.25) is 0 Å². The summed E-state index contributed by atoms with van der Waals surface area (Å²) in [7, 11) is 6.85. The first-order valence-corrected chi connectivity index (χ1v) is 15.8. The summed E-state index contributed by atoms with van der Waals surface area (Å²) >= 11 is 0. The molecule has 4 amide bonds. The molecule has 0 unspecified atom stereocenters. The third-order valence-electron chi connectivity index (χ3n) is 7.71. The van der Waals surface area contributed by atoms with Crippen molar-refractivity contribution < 1.29 is 28.9 Å². The number of carbonyl (C=O) groups is 4. The largest absolute Gasteiger partial charge is 0.339 e. The Morgan fingerprint density at radius 3 is 0.795 bits per heavy atom. The Kier molecular flexibility index (Phi) is 16.5. The van der Waals surface area contributed by atoms with E-state index in [9.17, 15) is 19.2 Å². The predicted molar refractivity (Wildman–Crippen MR) is 172 cm³/mol. The van der Waals surface area contributed by atoms with Gasteiger partial charge in [0, 0.05) is 80.5 Å². The van der Waals surface area contributed by atoms with E-state index in [0.717, 1.165) is 0 Å². The number of rotatable bonds is 18. The van der Waals surface area contributed by atoms with Crippen molar-refractivity contribution in [3.63, 3.8) is 0 Å². The van der Waals surface area contributed by atoms with E-state index in [2.05, 4.69) is 0 Å². The molecule has 0 bridgehead atoms. The molecular formula is C32H56N6O6. The first kappa shape index (κ1) is 39.0. The molecule has 0 aliphatic carbocycles. The topological polar surface area (TPSA) is 106 Å². The maximum absolute atomic E-state index is 14.6. The molecule has 0 atom stereocenters. The van der Waals surface area contributed by atoms with Crippen LogP contribution in [0.1, 0.15) is 108 Å². The second-order valence-corrected chi connectivity index (χ2v) is 10.5. The van der Waals surface area contributed by atoms with Crippen LogP contribution in [0.4, 0.5) is 0 Å². The van der Waals surface area contributed by atoms with Crippen LogP contribution < -0.4 is 0 Å². The fraction of sp³-hybridized carbons (Fsp3) is 0.688. The van der Waals surface area contributed by atoms with E-state index in [1.807, 2.05) is 55.4 Å². The number of benzene rings is 1. The van der Waals surface area contributed by atoms with Crippen LogP contribution in [0.3, 0.4) is 0 Å². The summed E-state index contributed by atoms with van der Waals surface area (Å²) in [5.41, 5.74) is 0.694. The molecule has 1 rings (SSSR count). The number of amides is 4. The summed E-state index contributed by atoms with van der Waals surface area (Å²) in [4.78, 5) is 76.4. The first-order valence-electron chi connectivity index (χ1n) is 15.8. The molecule has 1 aromatic rings. The summed E-state index contributed by atoms with van der Waals surface area (Å²) in [6.07, 6.45) is 0. The average molecular weight is 621 g/mol. The molecule has 1 aromatic carbocycles. The summed E-state index contributed by atoms with van der Waals surface area (Å²) < 4.78 is 0. The van der Waals surface area contributed by atoms with E-state index in [0.29, 0.717) is 63.5 Å². The molecule has 0 saturated heterocycles. The fourth-order valence-corrected chi connectivity index (χ4v) is 5.13. The minimum atomic E-state index is -0.485. The van der Waals surface area contributed by atoms with Gasteiger partial charge >= 0.3 is 0 Å². The number of nitrogens with zero attached hydrogens (tertiary/aromatic N) is 6. The Labute approximate surface area is 264 Å². The lowest BCUT2D eigenvalue weighted by molar-refractivity contribution is -0.138. The van der Waals surface area contributed by atoms with Crippen molar-refractivity contribution in [3.8, 4) is 0 Å². The van der Waals surface area contributed by atoms with E-state index in [1.54, 1.807) is 47.8 Å².